The fourth-order valence-corrected chi connectivity index (χ4v) is 2.74. The molecule has 144 valence electrons. The van der Waals surface area contributed by atoms with E-state index in [1.807, 2.05) is 0 Å². The van der Waals surface area contributed by atoms with Gasteiger partial charge >= 0.3 is 0 Å². The maximum atomic E-state index is 6.00. The van der Waals surface area contributed by atoms with Crippen molar-refractivity contribution in [3.05, 3.63) is 64.3 Å². The molecule has 0 N–H and O–H groups in total. The topological polar surface area (TPSA) is 9.23 Å². The van der Waals surface area contributed by atoms with Crippen molar-refractivity contribution in [2.75, 3.05) is 6.61 Å². The second-order valence-electron chi connectivity index (χ2n) is 7.95. The Morgan fingerprint density at radius 2 is 1.54 bits per heavy atom. The van der Waals surface area contributed by atoms with Crippen molar-refractivity contribution >= 4 is 0 Å². The minimum Gasteiger partial charge on any atom is -0.489 e. The van der Waals surface area contributed by atoms with Crippen LogP contribution in [0, 0.1) is 6.92 Å². The van der Waals surface area contributed by atoms with E-state index in [1.165, 1.54) is 34.3 Å². The Hall–Kier alpha value is -1.76. The molecule has 0 atom stereocenters. The van der Waals surface area contributed by atoms with Gasteiger partial charge in [-0.3, -0.25) is 0 Å². The number of aryl methyl sites for hydroxylation is 1. The van der Waals surface area contributed by atoms with Crippen LogP contribution >= 0.6 is 0 Å². The molecule has 0 spiro atoms. The van der Waals surface area contributed by atoms with Crippen LogP contribution in [0.4, 0.5) is 0 Å². The Morgan fingerprint density at radius 3 is 2.15 bits per heavy atom. The van der Waals surface area contributed by atoms with Crippen LogP contribution in [0.3, 0.4) is 0 Å². The van der Waals surface area contributed by atoms with Crippen LogP contribution in [0.15, 0.2) is 53.1 Å². The third-order valence-corrected chi connectivity index (χ3v) is 4.67. The van der Waals surface area contributed by atoms with Gasteiger partial charge in [0.15, 0.2) is 0 Å². The highest BCUT2D eigenvalue weighted by Crippen LogP contribution is 2.24. The van der Waals surface area contributed by atoms with Gasteiger partial charge in [-0.25, -0.2) is 0 Å². The van der Waals surface area contributed by atoms with Gasteiger partial charge in [0.05, 0.1) is 0 Å². The molecule has 0 saturated heterocycles. The zero-order chi connectivity index (χ0) is 19.5. The first-order valence-corrected chi connectivity index (χ1v) is 9.97. The average Bonchev–Trinajstić information content (AvgIpc) is 2.56. The molecule has 0 aliphatic carbocycles. The summed E-state index contributed by atoms with van der Waals surface area (Å²) in [5.41, 5.74) is 6.84. The van der Waals surface area contributed by atoms with Crippen molar-refractivity contribution in [2.24, 2.45) is 0 Å². The number of allylic oxidation sites excluding steroid dienone is 5. The van der Waals surface area contributed by atoms with Crippen LogP contribution in [0.2, 0.25) is 0 Å². The SMILES string of the molecule is CC(C)=CCC/C(C)=C/CC/C(C)=C/COc1cc(C(C)C)ccc1C. The van der Waals surface area contributed by atoms with Gasteiger partial charge in [-0.1, -0.05) is 54.9 Å². The lowest BCUT2D eigenvalue weighted by molar-refractivity contribution is 0.358. The molecule has 0 amide bonds. The summed E-state index contributed by atoms with van der Waals surface area (Å²) >= 11 is 0. The van der Waals surface area contributed by atoms with Crippen LogP contribution in [-0.2, 0) is 0 Å². The molecule has 0 aliphatic heterocycles. The molecule has 0 unspecified atom stereocenters. The quantitative estimate of drug-likeness (QED) is 0.388. The summed E-state index contributed by atoms with van der Waals surface area (Å²) in [4.78, 5) is 0. The summed E-state index contributed by atoms with van der Waals surface area (Å²) in [6.07, 6.45) is 11.5. The zero-order valence-electron chi connectivity index (χ0n) is 18.0. The van der Waals surface area contributed by atoms with Gasteiger partial charge in [0.1, 0.15) is 12.4 Å². The van der Waals surface area contributed by atoms with Gasteiger partial charge in [-0.15, -0.1) is 0 Å². The van der Waals surface area contributed by atoms with Crippen molar-refractivity contribution in [3.63, 3.8) is 0 Å². The van der Waals surface area contributed by atoms with Gasteiger partial charge in [0.25, 0.3) is 0 Å². The maximum absolute atomic E-state index is 6.00. The molecule has 1 rings (SSSR count). The van der Waals surface area contributed by atoms with Crippen LogP contribution in [0.5, 0.6) is 5.75 Å². The van der Waals surface area contributed by atoms with Crippen molar-refractivity contribution in [2.45, 2.75) is 80.1 Å². The van der Waals surface area contributed by atoms with Crippen LogP contribution in [0.25, 0.3) is 0 Å². The molecule has 1 aromatic carbocycles. The Kier molecular flexibility index (Phi) is 10.1. The highest BCUT2D eigenvalue weighted by Gasteiger charge is 2.04. The monoisotopic (exact) mass is 354 g/mol. The minimum absolute atomic E-state index is 0.530. The molecule has 1 aromatic rings. The van der Waals surface area contributed by atoms with Crippen LogP contribution < -0.4 is 4.74 Å². The van der Waals surface area contributed by atoms with Crippen molar-refractivity contribution in [1.82, 2.24) is 0 Å². The molecule has 26 heavy (non-hydrogen) atoms. The third kappa shape index (κ3) is 9.08. The molecule has 1 nitrogen and oxygen atoms in total. The molecule has 0 bridgehead atoms. The summed E-state index contributed by atoms with van der Waals surface area (Å²) in [5.74, 6) is 1.54. The molecular weight excluding hydrogens is 316 g/mol. The average molecular weight is 355 g/mol. The molecule has 0 fully saturated rings. The third-order valence-electron chi connectivity index (χ3n) is 4.67. The zero-order valence-corrected chi connectivity index (χ0v) is 18.0. The van der Waals surface area contributed by atoms with Gasteiger partial charge < -0.3 is 4.74 Å². The Labute approximate surface area is 161 Å². The minimum atomic E-state index is 0.530. The second kappa shape index (κ2) is 11.8. The smallest absolute Gasteiger partial charge is 0.122 e. The number of rotatable bonds is 10. The summed E-state index contributed by atoms with van der Waals surface area (Å²) in [6.45, 7) is 16.0. The molecule has 0 aliphatic rings. The largest absolute Gasteiger partial charge is 0.489 e. The molecule has 0 aromatic heterocycles. The Balaban J connectivity index is 2.42. The highest BCUT2D eigenvalue weighted by molar-refractivity contribution is 5.37. The fraction of sp³-hybridized carbons (Fsp3) is 0.520. The molecule has 0 heterocycles. The first-order valence-electron chi connectivity index (χ1n) is 9.97. The lowest BCUT2D eigenvalue weighted by Crippen LogP contribution is -1.98. The van der Waals surface area contributed by atoms with Gasteiger partial charge in [-0.2, -0.15) is 0 Å². The van der Waals surface area contributed by atoms with E-state index in [1.54, 1.807) is 0 Å². The first kappa shape index (κ1) is 22.3. The maximum Gasteiger partial charge on any atom is 0.122 e. The lowest BCUT2D eigenvalue weighted by Gasteiger charge is -2.12. The van der Waals surface area contributed by atoms with E-state index in [9.17, 15) is 0 Å². The number of ether oxygens (including phenoxy) is 1. The molecular formula is C25H38O. The van der Waals surface area contributed by atoms with Crippen molar-refractivity contribution in [3.8, 4) is 5.75 Å². The van der Waals surface area contributed by atoms with Gasteiger partial charge in [0.2, 0.25) is 0 Å². The van der Waals surface area contributed by atoms with E-state index in [0.29, 0.717) is 12.5 Å². The normalized spacial score (nSPS) is 12.5. The second-order valence-corrected chi connectivity index (χ2v) is 7.95. The Bertz CT molecular complexity index is 640. The fourth-order valence-electron chi connectivity index (χ4n) is 2.74. The number of hydrogen-bond acceptors (Lipinski definition) is 1. The standard InChI is InChI=1S/C25H38O/c1-19(2)10-8-11-21(5)12-9-13-22(6)16-17-26-25-18-24(20(3)4)15-14-23(25)7/h10,12,14-16,18,20H,8-9,11,13,17H2,1-7H3/b21-12+,22-16+. The van der Waals surface area contributed by atoms with Gasteiger partial charge in [0, 0.05) is 0 Å². The van der Waals surface area contributed by atoms with Crippen molar-refractivity contribution in [1.29, 1.82) is 0 Å². The molecule has 1 heteroatoms. The number of hydrogen-bond donors (Lipinski definition) is 0. The van der Waals surface area contributed by atoms with Crippen molar-refractivity contribution < 1.29 is 4.74 Å². The summed E-state index contributed by atoms with van der Waals surface area (Å²) in [5, 5.41) is 0. The van der Waals surface area contributed by atoms with E-state index >= 15 is 0 Å². The van der Waals surface area contributed by atoms with Crippen LogP contribution in [0.1, 0.15) is 84.3 Å². The molecule has 0 saturated carbocycles. The molecule has 0 radical (unpaired) electrons. The van der Waals surface area contributed by atoms with Gasteiger partial charge in [-0.05, 0) is 89.5 Å². The summed E-state index contributed by atoms with van der Waals surface area (Å²) < 4.78 is 6.00. The summed E-state index contributed by atoms with van der Waals surface area (Å²) in [7, 11) is 0. The van der Waals surface area contributed by atoms with E-state index in [4.69, 9.17) is 4.74 Å². The van der Waals surface area contributed by atoms with Crippen LogP contribution in [-0.4, -0.2) is 6.61 Å². The van der Waals surface area contributed by atoms with E-state index in [0.717, 1.165) is 25.0 Å². The number of benzene rings is 1. The predicted molar refractivity (Wildman–Crippen MR) is 116 cm³/mol. The Morgan fingerprint density at radius 1 is 0.923 bits per heavy atom. The van der Waals surface area contributed by atoms with E-state index in [2.05, 4.69) is 84.9 Å². The first-order chi connectivity index (χ1) is 12.3. The lowest BCUT2D eigenvalue weighted by atomic mass is 10.0. The van der Waals surface area contributed by atoms with E-state index < -0.39 is 0 Å². The summed E-state index contributed by atoms with van der Waals surface area (Å²) in [6, 6.07) is 6.53. The highest BCUT2D eigenvalue weighted by atomic mass is 16.5. The van der Waals surface area contributed by atoms with E-state index in [-0.39, 0.29) is 0 Å². The predicted octanol–water partition coefficient (Wildman–Crippen LogP) is 7.92.